The first-order valence-corrected chi connectivity index (χ1v) is 10.9. The highest BCUT2D eigenvalue weighted by Crippen LogP contribution is 2.28. The van der Waals surface area contributed by atoms with Gasteiger partial charge in [0.05, 0.1) is 19.3 Å². The van der Waals surface area contributed by atoms with E-state index >= 15 is 0 Å². The van der Waals surface area contributed by atoms with Crippen LogP contribution in [0.3, 0.4) is 0 Å². The lowest BCUT2D eigenvalue weighted by atomic mass is 10.1. The Kier molecular flexibility index (Phi) is 7.71. The van der Waals surface area contributed by atoms with Gasteiger partial charge in [-0.05, 0) is 67.8 Å². The minimum Gasteiger partial charge on any atom is -0.497 e. The maximum Gasteiger partial charge on any atom is 0.339 e. The van der Waals surface area contributed by atoms with Gasteiger partial charge in [-0.25, -0.2) is 4.79 Å². The topological polar surface area (TPSA) is 69.6 Å². The molecule has 6 nitrogen and oxygen atoms in total. The molecule has 0 atom stereocenters. The Balaban J connectivity index is 1.86. The van der Waals surface area contributed by atoms with Crippen molar-refractivity contribution >= 4 is 17.6 Å². The fraction of sp³-hybridized carbons (Fsp3) is 0.308. The molecule has 3 aromatic rings. The van der Waals surface area contributed by atoms with Gasteiger partial charge in [-0.15, -0.1) is 0 Å². The molecule has 0 aliphatic carbocycles. The second-order valence-electron chi connectivity index (χ2n) is 7.44. The number of amides is 1. The Morgan fingerprint density at radius 1 is 1.03 bits per heavy atom. The van der Waals surface area contributed by atoms with Crippen LogP contribution in [0.2, 0.25) is 0 Å². The van der Waals surface area contributed by atoms with Gasteiger partial charge in [-0.2, -0.15) is 0 Å². The maximum atomic E-state index is 12.7. The SMILES string of the molecule is CCOC(=O)c1cc(-c2ccc(OC)cc2)n(CCC(=O)Nc2ccccc2CC)c1C. The van der Waals surface area contributed by atoms with Gasteiger partial charge in [0.2, 0.25) is 5.91 Å². The van der Waals surface area contributed by atoms with Crippen LogP contribution in [0.5, 0.6) is 5.75 Å². The van der Waals surface area contributed by atoms with E-state index in [-0.39, 0.29) is 18.3 Å². The number of benzene rings is 2. The number of hydrogen-bond acceptors (Lipinski definition) is 4. The molecule has 0 saturated carbocycles. The Morgan fingerprint density at radius 3 is 2.41 bits per heavy atom. The van der Waals surface area contributed by atoms with Gasteiger partial charge >= 0.3 is 5.97 Å². The summed E-state index contributed by atoms with van der Waals surface area (Å²) in [4.78, 5) is 25.2. The largest absolute Gasteiger partial charge is 0.497 e. The van der Waals surface area contributed by atoms with Crippen molar-refractivity contribution in [2.24, 2.45) is 0 Å². The fourth-order valence-electron chi connectivity index (χ4n) is 3.73. The minimum absolute atomic E-state index is 0.0719. The standard InChI is InChI=1S/C26H30N2O4/c1-5-19-9-7-8-10-23(19)27-25(29)15-16-28-18(3)22(26(30)32-6-2)17-24(28)20-11-13-21(31-4)14-12-20/h7-14,17H,5-6,15-16H2,1-4H3,(H,27,29). The van der Waals surface area contributed by atoms with Crippen LogP contribution in [0, 0.1) is 6.92 Å². The Bertz CT molecular complexity index is 1080. The van der Waals surface area contributed by atoms with Gasteiger partial charge in [0.1, 0.15) is 5.75 Å². The second-order valence-corrected chi connectivity index (χ2v) is 7.44. The molecule has 1 aromatic heterocycles. The first-order valence-electron chi connectivity index (χ1n) is 10.9. The normalized spacial score (nSPS) is 10.6. The molecular weight excluding hydrogens is 404 g/mol. The van der Waals surface area contributed by atoms with E-state index in [2.05, 4.69) is 12.2 Å². The van der Waals surface area contributed by atoms with Crippen LogP contribution in [-0.4, -0.2) is 30.2 Å². The van der Waals surface area contributed by atoms with Gasteiger partial charge in [0, 0.05) is 30.0 Å². The first kappa shape index (κ1) is 23.1. The van der Waals surface area contributed by atoms with Crippen LogP contribution in [0.25, 0.3) is 11.3 Å². The molecule has 0 spiro atoms. The molecule has 6 heteroatoms. The number of nitrogens with one attached hydrogen (secondary N) is 1. The lowest BCUT2D eigenvalue weighted by molar-refractivity contribution is -0.116. The van der Waals surface area contributed by atoms with Crippen molar-refractivity contribution in [2.45, 2.75) is 40.2 Å². The van der Waals surface area contributed by atoms with E-state index in [0.29, 0.717) is 18.7 Å². The number of methoxy groups -OCH3 is 1. The lowest BCUT2D eigenvalue weighted by Gasteiger charge is -2.14. The van der Waals surface area contributed by atoms with Crippen molar-refractivity contribution in [1.82, 2.24) is 4.57 Å². The highest BCUT2D eigenvalue weighted by atomic mass is 16.5. The van der Waals surface area contributed by atoms with Crippen molar-refractivity contribution in [2.75, 3.05) is 19.0 Å². The fourth-order valence-corrected chi connectivity index (χ4v) is 3.73. The van der Waals surface area contributed by atoms with E-state index in [1.54, 1.807) is 14.0 Å². The minimum atomic E-state index is -0.361. The zero-order valence-electron chi connectivity index (χ0n) is 19.1. The third kappa shape index (κ3) is 5.19. The maximum absolute atomic E-state index is 12.7. The molecule has 0 radical (unpaired) electrons. The lowest BCUT2D eigenvalue weighted by Crippen LogP contribution is -2.16. The Morgan fingerprint density at radius 2 is 1.75 bits per heavy atom. The van der Waals surface area contributed by atoms with E-state index in [1.807, 2.05) is 66.1 Å². The van der Waals surface area contributed by atoms with Crippen molar-refractivity contribution in [1.29, 1.82) is 0 Å². The van der Waals surface area contributed by atoms with Crippen molar-refractivity contribution in [3.63, 3.8) is 0 Å². The van der Waals surface area contributed by atoms with Crippen LogP contribution in [-0.2, 0) is 22.5 Å². The molecule has 0 unspecified atom stereocenters. The van der Waals surface area contributed by atoms with E-state index in [4.69, 9.17) is 9.47 Å². The van der Waals surface area contributed by atoms with Crippen molar-refractivity contribution in [3.8, 4) is 17.0 Å². The monoisotopic (exact) mass is 434 g/mol. The number of aryl methyl sites for hydroxylation is 1. The highest BCUT2D eigenvalue weighted by molar-refractivity contribution is 5.93. The molecule has 168 valence electrons. The van der Waals surface area contributed by atoms with Crippen molar-refractivity contribution < 1.29 is 19.1 Å². The van der Waals surface area contributed by atoms with Crippen LogP contribution in [0.4, 0.5) is 5.69 Å². The number of aromatic nitrogens is 1. The molecular formula is C26H30N2O4. The summed E-state index contributed by atoms with van der Waals surface area (Å²) >= 11 is 0. The van der Waals surface area contributed by atoms with E-state index in [9.17, 15) is 9.59 Å². The predicted octanol–water partition coefficient (Wildman–Crippen LogP) is 5.24. The Labute approximate surface area is 189 Å². The molecule has 3 rings (SSSR count). The number of hydrogen-bond donors (Lipinski definition) is 1. The first-order chi connectivity index (χ1) is 15.5. The van der Waals surface area contributed by atoms with Crippen LogP contribution in [0.1, 0.15) is 41.9 Å². The Hall–Kier alpha value is -3.54. The summed E-state index contributed by atoms with van der Waals surface area (Å²) in [6.45, 7) is 6.47. The molecule has 0 saturated heterocycles. The molecule has 0 aliphatic heterocycles. The number of esters is 1. The number of ether oxygens (including phenoxy) is 2. The summed E-state index contributed by atoms with van der Waals surface area (Å²) in [5, 5.41) is 3.01. The van der Waals surface area contributed by atoms with Crippen LogP contribution >= 0.6 is 0 Å². The highest BCUT2D eigenvalue weighted by Gasteiger charge is 2.20. The third-order valence-electron chi connectivity index (χ3n) is 5.48. The second kappa shape index (κ2) is 10.7. The smallest absolute Gasteiger partial charge is 0.339 e. The number of para-hydroxylation sites is 1. The summed E-state index contributed by atoms with van der Waals surface area (Å²) < 4.78 is 12.5. The molecule has 1 N–H and O–H groups in total. The summed E-state index contributed by atoms with van der Waals surface area (Å²) in [5.74, 6) is 0.320. The van der Waals surface area contributed by atoms with Gasteiger partial charge in [0.15, 0.2) is 0 Å². The quantitative estimate of drug-likeness (QED) is 0.468. The summed E-state index contributed by atoms with van der Waals surface area (Å²) in [6, 6.07) is 17.3. The summed E-state index contributed by atoms with van der Waals surface area (Å²) in [7, 11) is 1.62. The van der Waals surface area contributed by atoms with Crippen LogP contribution in [0.15, 0.2) is 54.6 Å². The molecule has 0 bridgehead atoms. The number of anilines is 1. The zero-order valence-corrected chi connectivity index (χ0v) is 19.1. The zero-order chi connectivity index (χ0) is 23.1. The third-order valence-corrected chi connectivity index (χ3v) is 5.48. The number of carbonyl (C=O) groups is 2. The van der Waals surface area contributed by atoms with E-state index in [1.165, 1.54) is 0 Å². The van der Waals surface area contributed by atoms with E-state index in [0.717, 1.165) is 40.4 Å². The van der Waals surface area contributed by atoms with Crippen molar-refractivity contribution in [3.05, 3.63) is 71.4 Å². The molecule has 32 heavy (non-hydrogen) atoms. The number of carbonyl (C=O) groups excluding carboxylic acids is 2. The van der Waals surface area contributed by atoms with Gasteiger partial charge < -0.3 is 19.4 Å². The average Bonchev–Trinajstić information content (AvgIpc) is 3.14. The predicted molar refractivity (Wildman–Crippen MR) is 126 cm³/mol. The number of rotatable bonds is 9. The summed E-state index contributed by atoms with van der Waals surface area (Å²) in [6.07, 6.45) is 1.12. The summed E-state index contributed by atoms with van der Waals surface area (Å²) in [5.41, 5.74) is 5.01. The van der Waals surface area contributed by atoms with Gasteiger partial charge in [-0.1, -0.05) is 25.1 Å². The number of nitrogens with zero attached hydrogens (tertiary/aromatic N) is 1. The molecule has 2 aromatic carbocycles. The van der Waals surface area contributed by atoms with Gasteiger partial charge in [-0.3, -0.25) is 4.79 Å². The molecule has 1 amide bonds. The van der Waals surface area contributed by atoms with E-state index < -0.39 is 0 Å². The van der Waals surface area contributed by atoms with Gasteiger partial charge in [0.25, 0.3) is 0 Å². The average molecular weight is 435 g/mol. The molecule has 0 fully saturated rings. The molecule has 1 heterocycles. The van der Waals surface area contributed by atoms with Crippen LogP contribution < -0.4 is 10.1 Å². The molecule has 0 aliphatic rings.